The van der Waals surface area contributed by atoms with E-state index in [4.69, 9.17) is 4.74 Å². The molecule has 10 heteroatoms. The number of hydrogen-bond acceptors (Lipinski definition) is 9. The second-order valence-electron chi connectivity index (χ2n) is 8.62. The topological polar surface area (TPSA) is 110 Å². The Bertz CT molecular complexity index is 1180. The predicted octanol–water partition coefficient (Wildman–Crippen LogP) is 1.39. The largest absolute Gasteiger partial charge is 0.386 e. The van der Waals surface area contributed by atoms with E-state index in [1.807, 2.05) is 6.92 Å². The zero-order chi connectivity index (χ0) is 22.8. The summed E-state index contributed by atoms with van der Waals surface area (Å²) in [5.74, 6) is 0.767. The third-order valence-electron chi connectivity index (χ3n) is 6.58. The van der Waals surface area contributed by atoms with Gasteiger partial charge in [-0.15, -0.1) is 10.2 Å². The Morgan fingerprint density at radius 2 is 1.97 bits per heavy atom. The van der Waals surface area contributed by atoms with E-state index >= 15 is 0 Å². The lowest BCUT2D eigenvalue weighted by Gasteiger charge is -2.35. The first-order chi connectivity index (χ1) is 16.1. The van der Waals surface area contributed by atoms with Gasteiger partial charge in [0, 0.05) is 55.8 Å². The summed E-state index contributed by atoms with van der Waals surface area (Å²) in [4.78, 5) is 16.3. The van der Waals surface area contributed by atoms with Crippen molar-refractivity contribution < 1.29 is 9.84 Å². The first-order valence-corrected chi connectivity index (χ1v) is 11.6. The predicted molar refractivity (Wildman–Crippen MR) is 124 cm³/mol. The normalized spacial score (nSPS) is 20.2. The second kappa shape index (κ2) is 9.40. The van der Waals surface area contributed by atoms with E-state index < -0.39 is 6.10 Å². The number of aliphatic hydroxyl groups excluding tert-OH is 1. The minimum atomic E-state index is -0.750. The van der Waals surface area contributed by atoms with Crippen LogP contribution in [0.25, 0.3) is 10.9 Å². The van der Waals surface area contributed by atoms with Crippen LogP contribution in [-0.4, -0.2) is 69.7 Å². The van der Waals surface area contributed by atoms with Crippen LogP contribution in [0.15, 0.2) is 35.1 Å². The molecule has 0 amide bonds. The highest BCUT2D eigenvalue weighted by molar-refractivity contribution is 5.91. The SMILES string of the molecule is CCn1nc(C(O)C2CCCN(c3nnnc4cc(N5CCOCC5)ccc34)C2)ccc1=O. The number of aliphatic hydroxyl groups is 1. The molecule has 4 heterocycles. The number of benzene rings is 1. The molecule has 3 aromatic rings. The van der Waals surface area contributed by atoms with Crippen molar-refractivity contribution in [3.05, 3.63) is 46.4 Å². The lowest BCUT2D eigenvalue weighted by molar-refractivity contribution is 0.0920. The van der Waals surface area contributed by atoms with Crippen molar-refractivity contribution >= 4 is 22.4 Å². The quantitative estimate of drug-likeness (QED) is 0.615. The lowest BCUT2D eigenvalue weighted by atomic mass is 9.90. The highest BCUT2D eigenvalue weighted by Gasteiger charge is 2.30. The molecule has 2 aliphatic heterocycles. The van der Waals surface area contributed by atoms with Crippen LogP contribution in [-0.2, 0) is 11.3 Å². The zero-order valence-electron chi connectivity index (χ0n) is 18.8. The van der Waals surface area contributed by atoms with Gasteiger partial charge in [0.15, 0.2) is 5.82 Å². The fraction of sp³-hybridized carbons (Fsp3) is 0.522. The van der Waals surface area contributed by atoms with Crippen molar-refractivity contribution in [2.24, 2.45) is 5.92 Å². The van der Waals surface area contributed by atoms with Crippen molar-refractivity contribution in [1.29, 1.82) is 0 Å². The molecule has 0 aliphatic carbocycles. The number of morpholine rings is 1. The number of aryl methyl sites for hydroxylation is 1. The fourth-order valence-electron chi connectivity index (χ4n) is 4.76. The Kier molecular flexibility index (Phi) is 6.19. The maximum absolute atomic E-state index is 11.9. The molecule has 0 radical (unpaired) electrons. The number of fused-ring (bicyclic) bond motifs is 1. The van der Waals surface area contributed by atoms with Crippen LogP contribution in [0.2, 0.25) is 0 Å². The average Bonchev–Trinajstić information content (AvgIpc) is 2.88. The molecule has 1 aromatic carbocycles. The molecule has 1 N–H and O–H groups in total. The van der Waals surface area contributed by atoms with Crippen LogP contribution < -0.4 is 15.4 Å². The zero-order valence-corrected chi connectivity index (χ0v) is 18.8. The molecule has 2 unspecified atom stereocenters. The van der Waals surface area contributed by atoms with Crippen LogP contribution in [0.5, 0.6) is 0 Å². The van der Waals surface area contributed by atoms with Gasteiger partial charge in [0.25, 0.3) is 5.56 Å². The number of hydrogen-bond donors (Lipinski definition) is 1. The van der Waals surface area contributed by atoms with Gasteiger partial charge in [-0.2, -0.15) is 5.10 Å². The van der Waals surface area contributed by atoms with Gasteiger partial charge >= 0.3 is 0 Å². The van der Waals surface area contributed by atoms with Crippen LogP contribution >= 0.6 is 0 Å². The summed E-state index contributed by atoms with van der Waals surface area (Å²) < 4.78 is 6.84. The van der Waals surface area contributed by atoms with E-state index in [9.17, 15) is 9.90 Å². The van der Waals surface area contributed by atoms with Crippen molar-refractivity contribution in [1.82, 2.24) is 25.2 Å². The molecule has 0 bridgehead atoms. The number of ether oxygens (including phenoxy) is 1. The van der Waals surface area contributed by atoms with E-state index in [1.165, 1.54) is 10.7 Å². The molecule has 174 valence electrons. The van der Waals surface area contributed by atoms with Crippen molar-refractivity contribution in [3.8, 4) is 0 Å². The van der Waals surface area contributed by atoms with Crippen molar-refractivity contribution in [3.63, 3.8) is 0 Å². The van der Waals surface area contributed by atoms with Gasteiger partial charge in [-0.1, -0.05) is 0 Å². The Labute approximate surface area is 191 Å². The maximum atomic E-state index is 11.9. The molecule has 0 saturated carbocycles. The smallest absolute Gasteiger partial charge is 0.266 e. The lowest BCUT2D eigenvalue weighted by Crippen LogP contribution is -2.39. The van der Waals surface area contributed by atoms with Gasteiger partial charge in [0.1, 0.15) is 11.6 Å². The monoisotopic (exact) mass is 451 g/mol. The highest BCUT2D eigenvalue weighted by Crippen LogP contribution is 2.33. The second-order valence-corrected chi connectivity index (χ2v) is 8.62. The number of rotatable bonds is 5. The van der Waals surface area contributed by atoms with E-state index in [2.05, 4.69) is 48.5 Å². The number of anilines is 2. The molecule has 2 atom stereocenters. The molecule has 5 rings (SSSR count). The Morgan fingerprint density at radius 1 is 1.12 bits per heavy atom. The van der Waals surface area contributed by atoms with E-state index in [0.717, 1.165) is 68.1 Å². The molecule has 0 spiro atoms. The summed E-state index contributed by atoms with van der Waals surface area (Å²) in [5, 5.41) is 29.0. The highest BCUT2D eigenvalue weighted by atomic mass is 16.5. The summed E-state index contributed by atoms with van der Waals surface area (Å²) in [7, 11) is 0. The Balaban J connectivity index is 1.38. The fourth-order valence-corrected chi connectivity index (χ4v) is 4.76. The molecule has 2 fully saturated rings. The third-order valence-corrected chi connectivity index (χ3v) is 6.58. The van der Waals surface area contributed by atoms with Gasteiger partial charge in [-0.05, 0) is 49.2 Å². The summed E-state index contributed by atoms with van der Waals surface area (Å²) in [6, 6.07) is 9.34. The van der Waals surface area contributed by atoms with Gasteiger partial charge in [-0.25, -0.2) is 4.68 Å². The summed E-state index contributed by atoms with van der Waals surface area (Å²) in [6.07, 6.45) is 1.05. The molecule has 33 heavy (non-hydrogen) atoms. The third kappa shape index (κ3) is 4.40. The Hall–Kier alpha value is -3.11. The minimum Gasteiger partial charge on any atom is -0.386 e. The molecule has 2 saturated heterocycles. The van der Waals surface area contributed by atoms with Gasteiger partial charge in [0.05, 0.1) is 18.9 Å². The molecule has 10 nitrogen and oxygen atoms in total. The number of piperidine rings is 1. The van der Waals surface area contributed by atoms with Gasteiger partial charge < -0.3 is 19.6 Å². The van der Waals surface area contributed by atoms with Crippen molar-refractivity contribution in [2.75, 3.05) is 49.2 Å². The first-order valence-electron chi connectivity index (χ1n) is 11.6. The molecule has 2 aliphatic rings. The van der Waals surface area contributed by atoms with Crippen LogP contribution in [0, 0.1) is 5.92 Å². The van der Waals surface area contributed by atoms with E-state index in [1.54, 1.807) is 6.07 Å². The van der Waals surface area contributed by atoms with Crippen LogP contribution in [0.4, 0.5) is 11.5 Å². The Morgan fingerprint density at radius 3 is 2.79 bits per heavy atom. The molecular weight excluding hydrogens is 422 g/mol. The molecule has 2 aromatic heterocycles. The van der Waals surface area contributed by atoms with Crippen molar-refractivity contribution in [2.45, 2.75) is 32.4 Å². The van der Waals surface area contributed by atoms with Gasteiger partial charge in [0.2, 0.25) is 0 Å². The van der Waals surface area contributed by atoms with Gasteiger partial charge in [-0.3, -0.25) is 4.79 Å². The van der Waals surface area contributed by atoms with Crippen LogP contribution in [0.1, 0.15) is 31.6 Å². The number of aromatic nitrogens is 5. The standard InChI is InChI=1S/C23H29N7O3/c1-2-30-21(31)8-7-19(26-30)22(32)16-4-3-9-29(15-16)23-18-6-5-17(14-20(18)24-27-25-23)28-10-12-33-13-11-28/h5-8,14,16,22,32H,2-4,9-13,15H2,1H3. The minimum absolute atomic E-state index is 0.0216. The summed E-state index contributed by atoms with van der Waals surface area (Å²) in [6.45, 7) is 6.99. The summed E-state index contributed by atoms with van der Waals surface area (Å²) >= 11 is 0. The first kappa shape index (κ1) is 21.7. The maximum Gasteiger partial charge on any atom is 0.266 e. The van der Waals surface area contributed by atoms with E-state index in [0.29, 0.717) is 18.8 Å². The molecular formula is C23H29N7O3. The average molecular weight is 452 g/mol. The number of nitrogens with zero attached hydrogens (tertiary/aromatic N) is 7. The van der Waals surface area contributed by atoms with E-state index in [-0.39, 0.29) is 11.5 Å². The summed E-state index contributed by atoms with van der Waals surface area (Å²) in [5.41, 5.74) is 2.29. The van der Waals surface area contributed by atoms with Crippen LogP contribution in [0.3, 0.4) is 0 Å².